The highest BCUT2D eigenvalue weighted by Crippen LogP contribution is 2.14. The normalized spacial score (nSPS) is 15.4. The number of amides is 1. The summed E-state index contributed by atoms with van der Waals surface area (Å²) in [6.45, 7) is 4.63. The summed E-state index contributed by atoms with van der Waals surface area (Å²) in [7, 11) is 3.44. The van der Waals surface area contributed by atoms with Crippen LogP contribution in [-0.4, -0.2) is 85.1 Å². The molecule has 1 aliphatic heterocycles. The van der Waals surface area contributed by atoms with Gasteiger partial charge in [-0.1, -0.05) is 12.1 Å². The number of piperazine rings is 1. The average Bonchev–Trinajstić information content (AvgIpc) is 2.61. The molecule has 0 spiro atoms. The van der Waals surface area contributed by atoms with Crippen LogP contribution in [0, 0.1) is 0 Å². The molecule has 0 bridgehead atoms. The maximum Gasteiger partial charge on any atom is 0.304 e. The van der Waals surface area contributed by atoms with Crippen LogP contribution in [0.5, 0.6) is 5.75 Å². The van der Waals surface area contributed by atoms with Crippen molar-refractivity contribution in [2.75, 3.05) is 53.4 Å². The summed E-state index contributed by atoms with van der Waals surface area (Å²) < 4.78 is 5.17. The van der Waals surface area contributed by atoms with Gasteiger partial charge >= 0.3 is 5.97 Å². The third kappa shape index (κ3) is 6.36. The lowest BCUT2D eigenvalue weighted by atomic mass is 10.2. The molecule has 1 N–H and O–H groups in total. The zero-order valence-corrected chi connectivity index (χ0v) is 15.0. The highest BCUT2D eigenvalue weighted by atomic mass is 16.5. The van der Waals surface area contributed by atoms with Gasteiger partial charge in [-0.05, 0) is 24.7 Å². The van der Waals surface area contributed by atoms with Gasteiger partial charge in [0.25, 0.3) is 0 Å². The summed E-state index contributed by atoms with van der Waals surface area (Å²) >= 11 is 0. The van der Waals surface area contributed by atoms with Gasteiger partial charge in [0.2, 0.25) is 5.91 Å². The number of aliphatic carboxylic acids is 1. The Morgan fingerprint density at radius 1 is 1.16 bits per heavy atom. The molecule has 1 aromatic rings. The summed E-state index contributed by atoms with van der Waals surface area (Å²) in [6, 6.07) is 8.05. The van der Waals surface area contributed by atoms with Gasteiger partial charge in [-0.15, -0.1) is 0 Å². The molecule has 1 saturated heterocycles. The molecule has 0 saturated carbocycles. The van der Waals surface area contributed by atoms with Crippen molar-refractivity contribution in [2.45, 2.75) is 13.0 Å². The van der Waals surface area contributed by atoms with Crippen molar-refractivity contribution >= 4 is 11.9 Å². The first-order chi connectivity index (χ1) is 12.0. The lowest BCUT2D eigenvalue weighted by molar-refractivity contribution is -0.138. The Balaban J connectivity index is 1.72. The summed E-state index contributed by atoms with van der Waals surface area (Å²) in [5.74, 6) is 0.0783. The van der Waals surface area contributed by atoms with E-state index in [1.165, 1.54) is 5.56 Å². The minimum atomic E-state index is -0.841. The maximum atomic E-state index is 12.3. The number of benzene rings is 1. The Bertz CT molecular complexity index is 568. The molecule has 7 nitrogen and oxygen atoms in total. The van der Waals surface area contributed by atoms with Gasteiger partial charge in [-0.25, -0.2) is 0 Å². The molecule has 7 heteroatoms. The number of nitrogens with zero attached hydrogens (tertiary/aromatic N) is 3. The smallest absolute Gasteiger partial charge is 0.304 e. The SMILES string of the molecule is COc1ccc(CN2CCN(C(=O)CN(C)CCC(=O)O)CC2)cc1. The van der Waals surface area contributed by atoms with Gasteiger partial charge in [0.15, 0.2) is 0 Å². The molecule has 138 valence electrons. The second-order valence-corrected chi connectivity index (χ2v) is 6.39. The lowest BCUT2D eigenvalue weighted by Gasteiger charge is -2.35. The molecular formula is C18H27N3O4. The Morgan fingerprint density at radius 2 is 1.80 bits per heavy atom. The molecule has 2 rings (SSSR count). The molecule has 0 unspecified atom stereocenters. The van der Waals surface area contributed by atoms with E-state index in [2.05, 4.69) is 17.0 Å². The lowest BCUT2D eigenvalue weighted by Crippen LogP contribution is -2.50. The van der Waals surface area contributed by atoms with Gasteiger partial charge in [-0.3, -0.25) is 19.4 Å². The number of carbonyl (C=O) groups is 2. The van der Waals surface area contributed by atoms with Crippen molar-refractivity contribution in [2.24, 2.45) is 0 Å². The predicted octanol–water partition coefficient (Wildman–Crippen LogP) is 0.746. The number of methoxy groups -OCH3 is 1. The maximum absolute atomic E-state index is 12.3. The molecule has 1 aromatic carbocycles. The molecule has 0 aliphatic carbocycles. The van der Waals surface area contributed by atoms with Gasteiger partial charge in [0.05, 0.1) is 20.1 Å². The van der Waals surface area contributed by atoms with E-state index in [4.69, 9.17) is 9.84 Å². The van der Waals surface area contributed by atoms with Crippen molar-refractivity contribution in [3.05, 3.63) is 29.8 Å². The molecule has 1 aliphatic rings. The van der Waals surface area contributed by atoms with E-state index in [0.717, 1.165) is 25.4 Å². The van der Waals surface area contributed by atoms with Crippen LogP contribution in [-0.2, 0) is 16.1 Å². The zero-order chi connectivity index (χ0) is 18.2. The van der Waals surface area contributed by atoms with Crippen molar-refractivity contribution in [3.8, 4) is 5.75 Å². The molecule has 1 amide bonds. The van der Waals surface area contributed by atoms with Gasteiger partial charge in [0.1, 0.15) is 5.75 Å². The van der Waals surface area contributed by atoms with Crippen LogP contribution in [0.15, 0.2) is 24.3 Å². The number of carbonyl (C=O) groups excluding carboxylic acids is 1. The topological polar surface area (TPSA) is 73.3 Å². The number of hydrogen-bond acceptors (Lipinski definition) is 5. The quantitative estimate of drug-likeness (QED) is 0.746. The fourth-order valence-electron chi connectivity index (χ4n) is 2.84. The average molecular weight is 349 g/mol. The van der Waals surface area contributed by atoms with Crippen LogP contribution >= 0.6 is 0 Å². The predicted molar refractivity (Wildman–Crippen MR) is 94.6 cm³/mol. The number of carboxylic acids is 1. The van der Waals surface area contributed by atoms with E-state index in [-0.39, 0.29) is 18.9 Å². The summed E-state index contributed by atoms with van der Waals surface area (Å²) in [6.07, 6.45) is 0.0550. The number of likely N-dealkylation sites (N-methyl/N-ethyl adjacent to an activating group) is 1. The van der Waals surface area contributed by atoms with Crippen molar-refractivity contribution in [1.82, 2.24) is 14.7 Å². The highest BCUT2D eigenvalue weighted by molar-refractivity contribution is 5.78. The van der Waals surface area contributed by atoms with Crippen LogP contribution in [0.3, 0.4) is 0 Å². The largest absolute Gasteiger partial charge is 0.497 e. The van der Waals surface area contributed by atoms with E-state index in [1.54, 1.807) is 19.1 Å². The van der Waals surface area contributed by atoms with Gasteiger partial charge in [0, 0.05) is 39.3 Å². The minimum Gasteiger partial charge on any atom is -0.497 e. The molecule has 0 atom stereocenters. The number of ether oxygens (including phenoxy) is 1. The molecule has 1 heterocycles. The van der Waals surface area contributed by atoms with Crippen molar-refractivity contribution < 1.29 is 19.4 Å². The molecule has 25 heavy (non-hydrogen) atoms. The number of carboxylic acid groups (broad SMARTS) is 1. The van der Waals surface area contributed by atoms with E-state index < -0.39 is 5.97 Å². The summed E-state index contributed by atoms with van der Waals surface area (Å²) in [4.78, 5) is 28.8. The Kier molecular flexibility index (Phi) is 7.21. The summed E-state index contributed by atoms with van der Waals surface area (Å²) in [5.41, 5.74) is 1.23. The van der Waals surface area contributed by atoms with Crippen LogP contribution in [0.1, 0.15) is 12.0 Å². The standard InChI is InChI=1S/C18H27N3O4/c1-19(8-7-18(23)24)14-17(22)21-11-9-20(10-12-21)13-15-3-5-16(25-2)6-4-15/h3-6H,7-14H2,1-2H3,(H,23,24). The molecule has 0 radical (unpaired) electrons. The third-order valence-corrected chi connectivity index (χ3v) is 4.40. The minimum absolute atomic E-state index is 0.0550. The first-order valence-electron chi connectivity index (χ1n) is 8.51. The zero-order valence-electron chi connectivity index (χ0n) is 15.0. The van der Waals surface area contributed by atoms with Crippen LogP contribution in [0.4, 0.5) is 0 Å². The van der Waals surface area contributed by atoms with Gasteiger partial charge in [-0.2, -0.15) is 0 Å². The first-order valence-corrected chi connectivity index (χ1v) is 8.51. The van der Waals surface area contributed by atoms with Gasteiger partial charge < -0.3 is 14.7 Å². The second kappa shape index (κ2) is 9.39. The molecular weight excluding hydrogens is 322 g/mol. The fourth-order valence-corrected chi connectivity index (χ4v) is 2.84. The van der Waals surface area contributed by atoms with E-state index in [9.17, 15) is 9.59 Å². The number of rotatable bonds is 8. The second-order valence-electron chi connectivity index (χ2n) is 6.39. The Hall–Kier alpha value is -2.12. The molecule has 0 aromatic heterocycles. The van der Waals surface area contributed by atoms with Crippen LogP contribution < -0.4 is 4.74 Å². The first kappa shape index (κ1) is 19.2. The van der Waals surface area contributed by atoms with Crippen molar-refractivity contribution in [1.29, 1.82) is 0 Å². The van der Waals surface area contributed by atoms with Crippen LogP contribution in [0.25, 0.3) is 0 Å². The monoisotopic (exact) mass is 349 g/mol. The van der Waals surface area contributed by atoms with Crippen molar-refractivity contribution in [3.63, 3.8) is 0 Å². The third-order valence-electron chi connectivity index (χ3n) is 4.40. The summed E-state index contributed by atoms with van der Waals surface area (Å²) in [5, 5.41) is 8.69. The van der Waals surface area contributed by atoms with Crippen LogP contribution in [0.2, 0.25) is 0 Å². The van der Waals surface area contributed by atoms with E-state index in [1.807, 2.05) is 17.0 Å². The number of hydrogen-bond donors (Lipinski definition) is 1. The fraction of sp³-hybridized carbons (Fsp3) is 0.556. The molecule has 1 fully saturated rings. The Labute approximate surface area is 148 Å². The van der Waals surface area contributed by atoms with E-state index in [0.29, 0.717) is 19.6 Å². The highest BCUT2D eigenvalue weighted by Gasteiger charge is 2.22. The Morgan fingerprint density at radius 3 is 2.36 bits per heavy atom. The van der Waals surface area contributed by atoms with E-state index >= 15 is 0 Å².